The lowest BCUT2D eigenvalue weighted by Gasteiger charge is -2.34. The summed E-state index contributed by atoms with van der Waals surface area (Å²) in [7, 11) is -4.41. The monoisotopic (exact) mass is 737 g/mol. The lowest BCUT2D eigenvalue weighted by molar-refractivity contribution is -0.140. The number of nitrogens with zero attached hydrogens (tertiary/aromatic N) is 2. The smallest absolute Gasteiger partial charge is 0.264 e. The fourth-order valence-corrected chi connectivity index (χ4v) is 6.92. The van der Waals surface area contributed by atoms with E-state index in [2.05, 4.69) is 21.2 Å². The van der Waals surface area contributed by atoms with Crippen molar-refractivity contribution in [2.45, 2.75) is 50.2 Å². The molecule has 0 unspecified atom stereocenters. The van der Waals surface area contributed by atoms with E-state index in [4.69, 9.17) is 9.47 Å². The Balaban J connectivity index is 1.57. The molecule has 9 nitrogen and oxygen atoms in total. The van der Waals surface area contributed by atoms with Crippen LogP contribution in [0, 0.1) is 5.82 Å². The summed E-state index contributed by atoms with van der Waals surface area (Å²) >= 11 is 3.44. The summed E-state index contributed by atoms with van der Waals surface area (Å²) in [5.74, 6) is -0.885. The van der Waals surface area contributed by atoms with Crippen LogP contribution in [-0.2, 0) is 32.6 Å². The van der Waals surface area contributed by atoms with Gasteiger partial charge >= 0.3 is 0 Å². The minimum atomic E-state index is -4.41. The Hall–Kier alpha value is -4.42. The molecule has 252 valence electrons. The Morgan fingerprint density at radius 1 is 0.896 bits per heavy atom. The molecule has 4 aromatic carbocycles. The number of sulfonamides is 1. The Bertz CT molecular complexity index is 1830. The van der Waals surface area contributed by atoms with Crippen LogP contribution in [0.15, 0.2) is 106 Å². The second-order valence-corrected chi connectivity index (χ2v) is 14.2. The van der Waals surface area contributed by atoms with Gasteiger partial charge in [-0.15, -0.1) is 0 Å². The normalized spacial score (nSPS) is 13.7. The molecule has 1 N–H and O–H groups in total. The molecule has 0 bridgehead atoms. The van der Waals surface area contributed by atoms with Crippen LogP contribution >= 0.6 is 15.9 Å². The van der Waals surface area contributed by atoms with E-state index in [0.717, 1.165) is 32.0 Å². The fourth-order valence-electron chi connectivity index (χ4n) is 5.23. The van der Waals surface area contributed by atoms with Gasteiger partial charge in [-0.2, -0.15) is 0 Å². The highest BCUT2D eigenvalue weighted by molar-refractivity contribution is 9.10. The first-order valence-corrected chi connectivity index (χ1v) is 17.8. The predicted molar refractivity (Wildman–Crippen MR) is 185 cm³/mol. The molecule has 1 aliphatic heterocycles. The summed E-state index contributed by atoms with van der Waals surface area (Å²) in [6, 6.07) is 24.6. The third kappa shape index (κ3) is 8.53. The zero-order chi connectivity index (χ0) is 34.3. The van der Waals surface area contributed by atoms with Crippen molar-refractivity contribution in [1.82, 2.24) is 10.2 Å². The highest BCUT2D eigenvalue weighted by atomic mass is 79.9. The van der Waals surface area contributed by atoms with Crippen molar-refractivity contribution in [1.29, 1.82) is 0 Å². The maximum absolute atomic E-state index is 14.6. The number of carbonyl (C=O) groups excluding carboxylic acids is 2. The van der Waals surface area contributed by atoms with Crippen LogP contribution in [0.4, 0.5) is 10.1 Å². The molecule has 0 fully saturated rings. The number of benzene rings is 4. The van der Waals surface area contributed by atoms with Crippen molar-refractivity contribution in [2.24, 2.45) is 0 Å². The van der Waals surface area contributed by atoms with Gasteiger partial charge in [0.2, 0.25) is 11.8 Å². The lowest BCUT2D eigenvalue weighted by atomic mass is 10.0. The minimum absolute atomic E-state index is 0.0267. The van der Waals surface area contributed by atoms with Crippen molar-refractivity contribution in [3.05, 3.63) is 118 Å². The summed E-state index contributed by atoms with van der Waals surface area (Å²) in [5, 5.41) is 3.02. The number of amides is 2. The van der Waals surface area contributed by atoms with Crippen LogP contribution in [0.5, 0.6) is 11.5 Å². The molecule has 0 aliphatic carbocycles. The fraction of sp³-hybridized carbons (Fsp3) is 0.278. The number of rotatable bonds is 13. The molecule has 2 amide bonds. The standard InChI is InChI=1S/C36H37BrFN3O6S/c1-3-25(2)39-36(43)32(21-26-7-5-4-6-8-26)40(23-27-9-11-28(37)12-10-27)35(42)24-41(30-15-13-29(38)14-16-30)48(44,45)31-17-18-33-34(22-31)47-20-19-46-33/h4-18,22,25,32H,3,19-21,23-24H2,1-2H3,(H,39,43)/t25-,32-/m1/s1. The molecular formula is C36H37BrFN3O6S. The third-order valence-electron chi connectivity index (χ3n) is 8.03. The van der Waals surface area contributed by atoms with Gasteiger partial charge in [0, 0.05) is 29.5 Å². The van der Waals surface area contributed by atoms with Crippen molar-refractivity contribution in [2.75, 3.05) is 24.1 Å². The molecule has 2 atom stereocenters. The van der Waals surface area contributed by atoms with E-state index in [-0.39, 0.29) is 47.9 Å². The summed E-state index contributed by atoms with van der Waals surface area (Å²) in [6.07, 6.45) is 0.868. The van der Waals surface area contributed by atoms with E-state index < -0.39 is 34.3 Å². The molecule has 12 heteroatoms. The molecule has 0 aromatic heterocycles. The second kappa shape index (κ2) is 15.7. The molecule has 0 saturated carbocycles. The molecule has 48 heavy (non-hydrogen) atoms. The van der Waals surface area contributed by atoms with E-state index in [9.17, 15) is 22.4 Å². The highest BCUT2D eigenvalue weighted by Crippen LogP contribution is 2.34. The van der Waals surface area contributed by atoms with Crippen LogP contribution in [0.3, 0.4) is 0 Å². The maximum Gasteiger partial charge on any atom is 0.264 e. The average Bonchev–Trinajstić information content (AvgIpc) is 3.10. The zero-order valence-corrected chi connectivity index (χ0v) is 29.0. The van der Waals surface area contributed by atoms with Gasteiger partial charge in [-0.1, -0.05) is 65.3 Å². The van der Waals surface area contributed by atoms with E-state index in [1.165, 1.54) is 35.2 Å². The number of hydrogen-bond acceptors (Lipinski definition) is 6. The summed E-state index contributed by atoms with van der Waals surface area (Å²) < 4.78 is 55.6. The molecule has 1 heterocycles. The zero-order valence-electron chi connectivity index (χ0n) is 26.6. The molecule has 1 aliphatic rings. The predicted octanol–water partition coefficient (Wildman–Crippen LogP) is 6.11. The van der Waals surface area contributed by atoms with Gasteiger partial charge < -0.3 is 19.7 Å². The molecular weight excluding hydrogens is 701 g/mol. The Morgan fingerprint density at radius 2 is 1.56 bits per heavy atom. The lowest BCUT2D eigenvalue weighted by Crippen LogP contribution is -2.54. The summed E-state index contributed by atoms with van der Waals surface area (Å²) in [4.78, 5) is 29.8. The summed E-state index contributed by atoms with van der Waals surface area (Å²) in [6.45, 7) is 3.78. The van der Waals surface area contributed by atoms with E-state index in [1.807, 2.05) is 68.4 Å². The highest BCUT2D eigenvalue weighted by Gasteiger charge is 2.35. The molecule has 0 saturated heterocycles. The number of anilines is 1. The van der Waals surface area contributed by atoms with Crippen LogP contribution < -0.4 is 19.1 Å². The van der Waals surface area contributed by atoms with Gasteiger partial charge in [0.1, 0.15) is 31.6 Å². The van der Waals surface area contributed by atoms with E-state index >= 15 is 0 Å². The van der Waals surface area contributed by atoms with Gasteiger partial charge in [-0.25, -0.2) is 12.8 Å². The second-order valence-electron chi connectivity index (χ2n) is 11.5. The third-order valence-corrected chi connectivity index (χ3v) is 10.3. The quantitative estimate of drug-likeness (QED) is 0.178. The number of hydrogen-bond donors (Lipinski definition) is 1. The molecule has 5 rings (SSSR count). The van der Waals surface area contributed by atoms with Crippen molar-refractivity contribution in [3.63, 3.8) is 0 Å². The Kier molecular flexibility index (Phi) is 11.4. The van der Waals surface area contributed by atoms with E-state index in [1.54, 1.807) is 0 Å². The number of carbonyl (C=O) groups is 2. The number of halogens is 2. The van der Waals surface area contributed by atoms with Gasteiger partial charge in [0.05, 0.1) is 10.6 Å². The van der Waals surface area contributed by atoms with Crippen molar-refractivity contribution < 1.29 is 31.9 Å². The van der Waals surface area contributed by atoms with Gasteiger partial charge in [0.15, 0.2) is 11.5 Å². The molecule has 4 aromatic rings. The van der Waals surface area contributed by atoms with Crippen LogP contribution in [-0.4, -0.2) is 57.0 Å². The van der Waals surface area contributed by atoms with Crippen molar-refractivity contribution in [3.8, 4) is 11.5 Å². The summed E-state index contributed by atoms with van der Waals surface area (Å²) in [5.41, 5.74) is 1.64. The largest absolute Gasteiger partial charge is 0.486 e. The molecule has 0 radical (unpaired) electrons. The first kappa shape index (κ1) is 34.9. The first-order valence-electron chi connectivity index (χ1n) is 15.6. The number of nitrogens with one attached hydrogen (secondary N) is 1. The Labute approximate surface area is 288 Å². The Morgan fingerprint density at radius 3 is 2.23 bits per heavy atom. The van der Waals surface area contributed by atoms with Gasteiger partial charge in [-0.05, 0) is 73.0 Å². The van der Waals surface area contributed by atoms with Gasteiger partial charge in [-0.3, -0.25) is 13.9 Å². The van der Waals surface area contributed by atoms with Crippen LogP contribution in [0.1, 0.15) is 31.4 Å². The van der Waals surface area contributed by atoms with Crippen LogP contribution in [0.25, 0.3) is 0 Å². The number of ether oxygens (including phenoxy) is 2. The minimum Gasteiger partial charge on any atom is -0.486 e. The topological polar surface area (TPSA) is 105 Å². The van der Waals surface area contributed by atoms with Gasteiger partial charge in [0.25, 0.3) is 10.0 Å². The first-order chi connectivity index (χ1) is 23.0. The van der Waals surface area contributed by atoms with E-state index in [0.29, 0.717) is 18.8 Å². The SMILES string of the molecule is CC[C@@H](C)NC(=O)[C@@H](Cc1ccccc1)N(Cc1ccc(Br)cc1)C(=O)CN(c1ccc(F)cc1)S(=O)(=O)c1ccc2c(c1)OCCO2. The number of fused-ring (bicyclic) bond motifs is 1. The average molecular weight is 739 g/mol. The van der Waals surface area contributed by atoms with Crippen molar-refractivity contribution >= 4 is 43.5 Å². The maximum atomic E-state index is 14.6. The molecule has 0 spiro atoms. The van der Waals surface area contributed by atoms with Crippen LogP contribution in [0.2, 0.25) is 0 Å².